The van der Waals surface area contributed by atoms with Gasteiger partial charge in [0.15, 0.2) is 5.16 Å². The van der Waals surface area contributed by atoms with E-state index in [4.69, 9.17) is 4.74 Å². The second-order valence-corrected chi connectivity index (χ2v) is 6.73. The Hall–Kier alpha value is -2.35. The Kier molecular flexibility index (Phi) is 5.70. The molecule has 8 heteroatoms. The number of piperidine rings is 1. The number of thioether (sulfide) groups is 1. The molecule has 1 aliphatic rings. The van der Waals surface area contributed by atoms with Gasteiger partial charge in [-0.1, -0.05) is 30.0 Å². The molecular weight excluding hydrogens is 340 g/mol. The van der Waals surface area contributed by atoms with E-state index in [1.165, 1.54) is 18.9 Å². The first-order valence-corrected chi connectivity index (χ1v) is 9.11. The summed E-state index contributed by atoms with van der Waals surface area (Å²) < 4.78 is 6.64. The van der Waals surface area contributed by atoms with Crippen LogP contribution in [-0.4, -0.2) is 57.5 Å². The molecule has 1 aromatic carbocycles. The lowest BCUT2D eigenvalue weighted by Gasteiger charge is -2.30. The molecule has 3 rings (SSSR count). The number of amides is 1. The summed E-state index contributed by atoms with van der Waals surface area (Å²) >= 11 is 1.37. The van der Waals surface area contributed by atoms with Gasteiger partial charge in [0.1, 0.15) is 6.33 Å². The largest absolute Gasteiger partial charge is 0.469 e. The molecule has 0 saturated carbocycles. The van der Waals surface area contributed by atoms with Crippen molar-refractivity contribution in [3.8, 4) is 5.69 Å². The molecule has 1 aliphatic heterocycles. The molecule has 1 amide bonds. The third-order valence-corrected chi connectivity index (χ3v) is 5.19. The van der Waals surface area contributed by atoms with Crippen LogP contribution < -0.4 is 0 Å². The molecule has 2 heterocycles. The topological polar surface area (TPSA) is 77.3 Å². The van der Waals surface area contributed by atoms with Crippen LogP contribution in [0.3, 0.4) is 0 Å². The van der Waals surface area contributed by atoms with Crippen LogP contribution in [-0.2, 0) is 14.3 Å². The summed E-state index contributed by atoms with van der Waals surface area (Å²) in [6, 6.07) is 9.77. The monoisotopic (exact) mass is 360 g/mol. The fourth-order valence-corrected chi connectivity index (χ4v) is 3.67. The van der Waals surface area contributed by atoms with E-state index < -0.39 is 0 Å². The van der Waals surface area contributed by atoms with Crippen molar-refractivity contribution in [2.45, 2.75) is 18.0 Å². The average molecular weight is 360 g/mol. The Morgan fingerprint density at radius 3 is 2.64 bits per heavy atom. The smallest absolute Gasteiger partial charge is 0.308 e. The lowest BCUT2D eigenvalue weighted by atomic mass is 9.97. The van der Waals surface area contributed by atoms with E-state index in [9.17, 15) is 9.59 Å². The van der Waals surface area contributed by atoms with E-state index in [0.29, 0.717) is 36.8 Å². The quantitative estimate of drug-likeness (QED) is 0.597. The number of nitrogens with zero attached hydrogens (tertiary/aromatic N) is 4. The predicted octanol–water partition coefficient (Wildman–Crippen LogP) is 1.77. The second-order valence-electron chi connectivity index (χ2n) is 5.79. The third kappa shape index (κ3) is 4.19. The van der Waals surface area contributed by atoms with Crippen molar-refractivity contribution < 1.29 is 14.3 Å². The van der Waals surface area contributed by atoms with Crippen molar-refractivity contribution in [3.63, 3.8) is 0 Å². The van der Waals surface area contributed by atoms with Gasteiger partial charge in [-0.15, -0.1) is 10.2 Å². The molecule has 25 heavy (non-hydrogen) atoms. The van der Waals surface area contributed by atoms with Crippen LogP contribution >= 0.6 is 11.8 Å². The van der Waals surface area contributed by atoms with Crippen molar-refractivity contribution in [1.29, 1.82) is 0 Å². The van der Waals surface area contributed by atoms with Crippen LogP contribution in [0.15, 0.2) is 41.8 Å². The molecule has 132 valence electrons. The van der Waals surface area contributed by atoms with Crippen LogP contribution in [0.2, 0.25) is 0 Å². The highest BCUT2D eigenvalue weighted by Gasteiger charge is 2.28. The number of rotatable bonds is 5. The Labute approximate surface area is 150 Å². The summed E-state index contributed by atoms with van der Waals surface area (Å²) in [5.74, 6) is 0.0743. The molecule has 1 aromatic heterocycles. The van der Waals surface area contributed by atoms with Gasteiger partial charge >= 0.3 is 5.97 Å². The Morgan fingerprint density at radius 1 is 1.24 bits per heavy atom. The molecule has 1 fully saturated rings. The fraction of sp³-hybridized carbons (Fsp3) is 0.412. The first kappa shape index (κ1) is 17.5. The highest BCUT2D eigenvalue weighted by atomic mass is 32.2. The normalized spacial score (nSPS) is 15.2. The lowest BCUT2D eigenvalue weighted by Crippen LogP contribution is -2.41. The van der Waals surface area contributed by atoms with E-state index in [2.05, 4.69) is 10.2 Å². The number of para-hydroxylation sites is 1. The SMILES string of the molecule is COC(=O)C1CCN(C(=O)CSc2nncn2-c2ccccc2)CC1. The van der Waals surface area contributed by atoms with E-state index in [0.717, 1.165) is 5.69 Å². The molecule has 0 N–H and O–H groups in total. The van der Waals surface area contributed by atoms with Gasteiger partial charge in [-0.05, 0) is 25.0 Å². The number of aromatic nitrogens is 3. The zero-order chi connectivity index (χ0) is 17.6. The van der Waals surface area contributed by atoms with E-state index in [1.54, 1.807) is 11.2 Å². The fourth-order valence-electron chi connectivity index (χ4n) is 2.84. The molecular formula is C17H20N4O3S. The first-order valence-electron chi connectivity index (χ1n) is 8.13. The van der Waals surface area contributed by atoms with Crippen LogP contribution in [0.5, 0.6) is 0 Å². The molecule has 0 aliphatic carbocycles. The van der Waals surface area contributed by atoms with Gasteiger partial charge in [-0.25, -0.2) is 0 Å². The molecule has 0 spiro atoms. The van der Waals surface area contributed by atoms with Crippen LogP contribution in [0, 0.1) is 5.92 Å². The highest BCUT2D eigenvalue weighted by molar-refractivity contribution is 7.99. The Balaban J connectivity index is 1.54. The van der Waals surface area contributed by atoms with Crippen molar-refractivity contribution in [2.24, 2.45) is 5.92 Å². The summed E-state index contributed by atoms with van der Waals surface area (Å²) in [5.41, 5.74) is 0.960. The van der Waals surface area contributed by atoms with Gasteiger partial charge in [0.2, 0.25) is 5.91 Å². The number of carbonyl (C=O) groups is 2. The van der Waals surface area contributed by atoms with Crippen molar-refractivity contribution >= 4 is 23.6 Å². The number of benzene rings is 1. The number of likely N-dealkylation sites (tertiary alicyclic amines) is 1. The van der Waals surface area contributed by atoms with Gasteiger partial charge in [-0.3, -0.25) is 14.2 Å². The maximum Gasteiger partial charge on any atom is 0.308 e. The maximum absolute atomic E-state index is 12.4. The number of hydrogen-bond donors (Lipinski definition) is 0. The van der Waals surface area contributed by atoms with E-state index in [1.807, 2.05) is 34.9 Å². The zero-order valence-electron chi connectivity index (χ0n) is 14.0. The van der Waals surface area contributed by atoms with Crippen molar-refractivity contribution in [1.82, 2.24) is 19.7 Å². The Morgan fingerprint density at radius 2 is 1.96 bits per heavy atom. The predicted molar refractivity (Wildman–Crippen MR) is 93.4 cm³/mol. The third-order valence-electron chi connectivity index (χ3n) is 4.26. The van der Waals surface area contributed by atoms with Gasteiger partial charge in [0.05, 0.1) is 18.8 Å². The average Bonchev–Trinajstić information content (AvgIpc) is 3.15. The number of ether oxygens (including phenoxy) is 1. The first-order chi connectivity index (χ1) is 12.2. The van der Waals surface area contributed by atoms with Gasteiger partial charge in [0, 0.05) is 18.8 Å². The Bertz CT molecular complexity index is 727. The maximum atomic E-state index is 12.4. The summed E-state index contributed by atoms with van der Waals surface area (Å²) in [7, 11) is 1.40. The van der Waals surface area contributed by atoms with Crippen LogP contribution in [0.25, 0.3) is 5.69 Å². The second kappa shape index (κ2) is 8.15. The minimum atomic E-state index is -0.183. The molecule has 2 aromatic rings. The number of carbonyl (C=O) groups excluding carboxylic acids is 2. The number of methoxy groups -OCH3 is 1. The molecule has 1 saturated heterocycles. The van der Waals surface area contributed by atoms with E-state index >= 15 is 0 Å². The summed E-state index contributed by atoms with van der Waals surface area (Å²) in [6.07, 6.45) is 2.95. The van der Waals surface area contributed by atoms with Gasteiger partial charge < -0.3 is 9.64 Å². The molecule has 0 radical (unpaired) electrons. The molecule has 0 unspecified atom stereocenters. The van der Waals surface area contributed by atoms with Gasteiger partial charge in [-0.2, -0.15) is 0 Å². The molecule has 0 atom stereocenters. The standard InChI is InChI=1S/C17H20N4O3S/c1-24-16(23)13-7-9-20(10-8-13)15(22)11-25-17-19-18-12-21(17)14-5-3-2-4-6-14/h2-6,12-13H,7-11H2,1H3. The zero-order valence-corrected chi connectivity index (χ0v) is 14.8. The summed E-state index contributed by atoms with van der Waals surface area (Å²) in [4.78, 5) is 25.8. The minimum absolute atomic E-state index is 0.0518. The summed E-state index contributed by atoms with van der Waals surface area (Å²) in [6.45, 7) is 1.18. The van der Waals surface area contributed by atoms with Crippen molar-refractivity contribution in [3.05, 3.63) is 36.7 Å². The lowest BCUT2D eigenvalue weighted by molar-refractivity contribution is -0.148. The highest BCUT2D eigenvalue weighted by Crippen LogP contribution is 2.22. The minimum Gasteiger partial charge on any atom is -0.469 e. The molecule has 7 nitrogen and oxygen atoms in total. The van der Waals surface area contributed by atoms with Crippen LogP contribution in [0.1, 0.15) is 12.8 Å². The number of esters is 1. The van der Waals surface area contributed by atoms with Gasteiger partial charge in [0.25, 0.3) is 0 Å². The van der Waals surface area contributed by atoms with Crippen molar-refractivity contribution in [2.75, 3.05) is 26.0 Å². The molecule has 0 bridgehead atoms. The van der Waals surface area contributed by atoms with Crippen LogP contribution in [0.4, 0.5) is 0 Å². The summed E-state index contributed by atoms with van der Waals surface area (Å²) in [5, 5.41) is 8.73. The number of hydrogen-bond acceptors (Lipinski definition) is 6. The van der Waals surface area contributed by atoms with E-state index in [-0.39, 0.29) is 17.8 Å².